The van der Waals surface area contributed by atoms with Crippen LogP contribution in [0.1, 0.15) is 12.5 Å². The van der Waals surface area contributed by atoms with Gasteiger partial charge in [-0.15, -0.1) is 9.19 Å². The van der Waals surface area contributed by atoms with Crippen LogP contribution in [0.25, 0.3) is 11.3 Å². The molecule has 0 radical (unpaired) electrons. The van der Waals surface area contributed by atoms with Gasteiger partial charge in [-0.3, -0.25) is 14.4 Å². The Morgan fingerprint density at radius 1 is 0.971 bits per heavy atom. The summed E-state index contributed by atoms with van der Waals surface area (Å²) >= 11 is 0. The maximum atomic E-state index is 12.9. The fraction of sp³-hybridized carbons (Fsp3) is 0.227. The van der Waals surface area contributed by atoms with Gasteiger partial charge in [0, 0.05) is 23.6 Å². The molecule has 2 fully saturated rings. The highest BCUT2D eigenvalue weighted by atomic mass is 32.2. The SMILES string of the molecule is CC(=O)Nc1ccc(S(=O)(=O)n2cc(-c3ccc(C45C([C@H]4C(=O)O)[C@H]5C(=O)O)cc3)nn2)cc1. The number of benzene rings is 2. The summed E-state index contributed by atoms with van der Waals surface area (Å²) in [5.74, 6) is -4.12. The first-order chi connectivity index (χ1) is 16.1. The van der Waals surface area contributed by atoms with Crippen LogP contribution >= 0.6 is 0 Å². The van der Waals surface area contributed by atoms with Crippen LogP contribution in [0.3, 0.4) is 0 Å². The molecule has 12 heteroatoms. The van der Waals surface area contributed by atoms with Crippen molar-refractivity contribution in [2.24, 2.45) is 17.8 Å². The molecule has 0 unspecified atom stereocenters. The maximum absolute atomic E-state index is 12.9. The summed E-state index contributed by atoms with van der Waals surface area (Å²) in [4.78, 5) is 33.9. The Bertz CT molecular complexity index is 1420. The summed E-state index contributed by atoms with van der Waals surface area (Å²) in [6.45, 7) is 1.34. The van der Waals surface area contributed by atoms with Gasteiger partial charge < -0.3 is 15.5 Å². The third-order valence-corrected chi connectivity index (χ3v) is 8.02. The van der Waals surface area contributed by atoms with Crippen LogP contribution in [-0.4, -0.2) is 50.9 Å². The van der Waals surface area contributed by atoms with Gasteiger partial charge >= 0.3 is 11.9 Å². The topological polar surface area (TPSA) is 169 Å². The number of amides is 1. The molecule has 2 aliphatic carbocycles. The molecular formula is C22H18N4O7S. The number of aliphatic carboxylic acids is 2. The molecule has 34 heavy (non-hydrogen) atoms. The molecule has 174 valence electrons. The molecule has 1 heterocycles. The number of carbonyl (C=O) groups excluding carboxylic acids is 1. The molecule has 1 amide bonds. The Morgan fingerprint density at radius 3 is 2.09 bits per heavy atom. The molecule has 2 saturated carbocycles. The van der Waals surface area contributed by atoms with Crippen molar-refractivity contribution in [2.75, 3.05) is 5.32 Å². The van der Waals surface area contributed by atoms with Crippen molar-refractivity contribution in [1.29, 1.82) is 0 Å². The van der Waals surface area contributed by atoms with Crippen LogP contribution in [-0.2, 0) is 29.8 Å². The molecule has 0 saturated heterocycles. The number of nitrogens with one attached hydrogen (secondary N) is 1. The molecule has 2 aromatic carbocycles. The number of carbonyl (C=O) groups is 3. The highest BCUT2D eigenvalue weighted by Crippen LogP contribution is 2.83. The van der Waals surface area contributed by atoms with E-state index in [4.69, 9.17) is 0 Å². The van der Waals surface area contributed by atoms with Crippen molar-refractivity contribution in [3.05, 3.63) is 60.3 Å². The number of carboxylic acids is 2. The quantitative estimate of drug-likeness (QED) is 0.451. The average Bonchev–Trinajstić information content (AvgIpc) is 3.56. The summed E-state index contributed by atoms with van der Waals surface area (Å²) < 4.78 is 26.5. The van der Waals surface area contributed by atoms with Gasteiger partial charge in [-0.25, -0.2) is 0 Å². The van der Waals surface area contributed by atoms with E-state index in [1.165, 1.54) is 37.4 Å². The fourth-order valence-corrected chi connectivity index (χ4v) is 5.92. The van der Waals surface area contributed by atoms with Gasteiger partial charge in [0.25, 0.3) is 10.0 Å². The van der Waals surface area contributed by atoms with Crippen LogP contribution < -0.4 is 5.32 Å². The number of aromatic nitrogens is 3. The summed E-state index contributed by atoms with van der Waals surface area (Å²) in [5, 5.41) is 28.9. The van der Waals surface area contributed by atoms with E-state index in [0.717, 1.165) is 4.09 Å². The smallest absolute Gasteiger partial charge is 0.307 e. The molecule has 2 atom stereocenters. The standard InChI is InChI=1S/C22H18N4O7S/c1-11(27)23-14-6-8-15(9-7-14)34(32,33)26-10-16(24-25-26)12-2-4-13(5-3-12)22-17(18(22)20(28)29)19(22)21(30)31/h2-10,17-19H,1H3,(H,23,27)(H,28,29)(H,30,31)/t17?,18-,19-,22?/m0/s1. The number of carboxylic acid groups (broad SMARTS) is 2. The first kappa shape index (κ1) is 21.8. The molecular weight excluding hydrogens is 464 g/mol. The van der Waals surface area contributed by atoms with Gasteiger partial charge in [-0.2, -0.15) is 8.42 Å². The minimum absolute atomic E-state index is 0.0413. The highest BCUT2D eigenvalue weighted by molar-refractivity contribution is 7.89. The highest BCUT2D eigenvalue weighted by Gasteiger charge is 2.92. The average molecular weight is 482 g/mol. The molecule has 3 N–H and O–H groups in total. The van der Waals surface area contributed by atoms with Crippen LogP contribution in [0.2, 0.25) is 0 Å². The summed E-state index contributed by atoms with van der Waals surface area (Å²) in [5.41, 5.74) is 1.02. The number of fused-ring (bicyclic) bond motifs is 1. The molecule has 5 rings (SSSR count). The van der Waals surface area contributed by atoms with Crippen molar-refractivity contribution in [2.45, 2.75) is 17.2 Å². The van der Waals surface area contributed by atoms with Crippen molar-refractivity contribution >= 4 is 33.6 Å². The minimum atomic E-state index is -4.02. The number of hydrogen-bond acceptors (Lipinski definition) is 7. The zero-order valence-corrected chi connectivity index (χ0v) is 18.4. The second-order valence-corrected chi connectivity index (χ2v) is 10.2. The zero-order chi connectivity index (χ0) is 24.4. The van der Waals surface area contributed by atoms with Crippen LogP contribution in [0.5, 0.6) is 0 Å². The van der Waals surface area contributed by atoms with Gasteiger partial charge in [-0.1, -0.05) is 29.5 Å². The summed E-state index contributed by atoms with van der Waals surface area (Å²) in [6.07, 6.45) is 1.25. The van der Waals surface area contributed by atoms with E-state index in [2.05, 4.69) is 15.6 Å². The van der Waals surface area contributed by atoms with E-state index in [1.807, 2.05) is 0 Å². The van der Waals surface area contributed by atoms with E-state index in [9.17, 15) is 33.0 Å². The lowest BCUT2D eigenvalue weighted by atomic mass is 9.89. The second-order valence-electron chi connectivity index (χ2n) is 8.35. The monoisotopic (exact) mass is 482 g/mol. The first-order valence-corrected chi connectivity index (χ1v) is 11.6. The first-order valence-electron chi connectivity index (χ1n) is 10.2. The van der Waals surface area contributed by atoms with E-state index in [-0.39, 0.29) is 16.5 Å². The van der Waals surface area contributed by atoms with Gasteiger partial charge in [0.15, 0.2) is 0 Å². The Hall–Kier alpha value is -4.06. The van der Waals surface area contributed by atoms with E-state index in [0.29, 0.717) is 16.8 Å². The van der Waals surface area contributed by atoms with Crippen LogP contribution in [0.15, 0.2) is 59.6 Å². The Labute approximate surface area is 193 Å². The van der Waals surface area contributed by atoms with Gasteiger partial charge in [0.2, 0.25) is 5.91 Å². The minimum Gasteiger partial charge on any atom is -0.481 e. The maximum Gasteiger partial charge on any atom is 0.307 e. The molecule has 0 aliphatic heterocycles. The van der Waals surface area contributed by atoms with Gasteiger partial charge in [-0.05, 0) is 35.7 Å². The van der Waals surface area contributed by atoms with E-state index in [1.54, 1.807) is 24.3 Å². The molecule has 11 nitrogen and oxygen atoms in total. The van der Waals surface area contributed by atoms with Crippen molar-refractivity contribution < 1.29 is 33.0 Å². The number of hydrogen-bond donors (Lipinski definition) is 3. The second kappa shape index (κ2) is 7.22. The third kappa shape index (κ3) is 3.10. The lowest BCUT2D eigenvalue weighted by Crippen LogP contribution is -2.25. The molecule has 0 bridgehead atoms. The number of anilines is 1. The molecule has 0 spiro atoms. The lowest BCUT2D eigenvalue weighted by molar-refractivity contribution is -0.144. The van der Waals surface area contributed by atoms with E-state index >= 15 is 0 Å². The zero-order valence-electron chi connectivity index (χ0n) is 17.6. The number of rotatable bonds is 7. The number of nitrogens with zero attached hydrogens (tertiary/aromatic N) is 3. The lowest BCUT2D eigenvalue weighted by Gasteiger charge is -2.14. The molecule has 1 aromatic heterocycles. The van der Waals surface area contributed by atoms with Crippen molar-refractivity contribution in [3.63, 3.8) is 0 Å². The molecule has 3 aromatic rings. The van der Waals surface area contributed by atoms with Crippen LogP contribution in [0, 0.1) is 17.8 Å². The predicted octanol–water partition coefficient (Wildman–Crippen LogP) is 1.42. The molecule has 2 aliphatic rings. The Balaban J connectivity index is 1.38. The van der Waals surface area contributed by atoms with Crippen molar-refractivity contribution in [3.8, 4) is 11.3 Å². The van der Waals surface area contributed by atoms with Gasteiger partial charge in [0.05, 0.1) is 22.9 Å². The Kier molecular flexibility index (Phi) is 4.62. The largest absolute Gasteiger partial charge is 0.481 e. The Morgan fingerprint density at radius 2 is 1.56 bits per heavy atom. The summed E-state index contributed by atoms with van der Waals surface area (Å²) in [7, 11) is -4.02. The normalized spacial score (nSPS) is 24.7. The predicted molar refractivity (Wildman–Crippen MR) is 116 cm³/mol. The van der Waals surface area contributed by atoms with Crippen LogP contribution in [0.4, 0.5) is 5.69 Å². The third-order valence-electron chi connectivity index (χ3n) is 6.49. The van der Waals surface area contributed by atoms with Crippen molar-refractivity contribution in [1.82, 2.24) is 14.4 Å². The fourth-order valence-electron chi connectivity index (χ4n) is 4.85. The van der Waals surface area contributed by atoms with Gasteiger partial charge in [0.1, 0.15) is 5.69 Å². The summed E-state index contributed by atoms with van der Waals surface area (Å²) in [6, 6.07) is 12.2. The van der Waals surface area contributed by atoms with E-state index < -0.39 is 45.1 Å².